The van der Waals surface area contributed by atoms with Crippen LogP contribution in [0.25, 0.3) is 0 Å². The number of nitrogens with one attached hydrogen (secondary N) is 1. The molecule has 1 N–H and O–H groups in total. The van der Waals surface area contributed by atoms with Crippen LogP contribution in [0.4, 0.5) is 11.4 Å². The first kappa shape index (κ1) is 17.5. The summed E-state index contributed by atoms with van der Waals surface area (Å²) in [6.45, 7) is 5.69. The second kappa shape index (κ2) is 7.12. The van der Waals surface area contributed by atoms with Gasteiger partial charge in [-0.25, -0.2) is 4.79 Å². The van der Waals surface area contributed by atoms with Crippen LogP contribution in [0.1, 0.15) is 36.7 Å². The number of rotatable bonds is 5. The van der Waals surface area contributed by atoms with Crippen molar-refractivity contribution in [2.24, 2.45) is 0 Å². The van der Waals surface area contributed by atoms with Gasteiger partial charge in [0, 0.05) is 12.6 Å². The Balaban J connectivity index is 2.20. The zero-order chi connectivity index (χ0) is 17.7. The number of nitro benzene ring substituents is 1. The van der Waals surface area contributed by atoms with Crippen molar-refractivity contribution >= 4 is 17.3 Å². The molecule has 126 valence electrons. The van der Waals surface area contributed by atoms with Crippen LogP contribution >= 0.6 is 0 Å². The molecule has 0 amide bonds. The molecule has 0 spiro atoms. The highest BCUT2D eigenvalue weighted by molar-refractivity contribution is 5.91. The predicted molar refractivity (Wildman–Crippen MR) is 92.0 cm³/mol. The molecule has 0 aliphatic rings. The van der Waals surface area contributed by atoms with Crippen LogP contribution in [0.3, 0.4) is 0 Å². The fourth-order valence-electron chi connectivity index (χ4n) is 2.09. The smallest absolute Gasteiger partial charge is 0.338 e. The molecular formula is C18H20N2O4. The molecule has 0 saturated carbocycles. The van der Waals surface area contributed by atoms with Crippen molar-refractivity contribution in [3.8, 4) is 0 Å². The fourth-order valence-corrected chi connectivity index (χ4v) is 2.09. The van der Waals surface area contributed by atoms with E-state index in [1.165, 1.54) is 18.2 Å². The van der Waals surface area contributed by atoms with E-state index in [2.05, 4.69) is 5.32 Å². The van der Waals surface area contributed by atoms with E-state index in [4.69, 9.17) is 4.74 Å². The van der Waals surface area contributed by atoms with Gasteiger partial charge in [0.05, 0.1) is 10.5 Å². The molecule has 0 saturated heterocycles. The number of hydrogen-bond donors (Lipinski definition) is 1. The third-order valence-electron chi connectivity index (χ3n) is 3.15. The minimum Gasteiger partial charge on any atom is -0.456 e. The Morgan fingerprint density at radius 3 is 2.42 bits per heavy atom. The Bertz CT molecular complexity index is 736. The van der Waals surface area contributed by atoms with Crippen molar-refractivity contribution in [2.75, 3.05) is 5.32 Å². The van der Waals surface area contributed by atoms with Crippen molar-refractivity contribution < 1.29 is 14.5 Å². The molecule has 6 heteroatoms. The maximum Gasteiger partial charge on any atom is 0.338 e. The topological polar surface area (TPSA) is 81.5 Å². The summed E-state index contributed by atoms with van der Waals surface area (Å²) >= 11 is 0. The van der Waals surface area contributed by atoms with E-state index in [0.717, 1.165) is 5.56 Å². The lowest BCUT2D eigenvalue weighted by Crippen LogP contribution is -2.24. The standard InChI is InChI=1S/C18H20N2O4/c1-18(2,3)24-17(21)14-9-10-15(16(11-14)20(22)23)19-12-13-7-5-4-6-8-13/h4-11,19H,12H2,1-3H3. The molecule has 2 aromatic rings. The van der Waals surface area contributed by atoms with E-state index in [9.17, 15) is 14.9 Å². The summed E-state index contributed by atoms with van der Waals surface area (Å²) in [5, 5.41) is 14.3. The quantitative estimate of drug-likeness (QED) is 0.506. The van der Waals surface area contributed by atoms with Gasteiger partial charge < -0.3 is 10.1 Å². The lowest BCUT2D eigenvalue weighted by atomic mass is 10.1. The zero-order valence-electron chi connectivity index (χ0n) is 13.9. The van der Waals surface area contributed by atoms with Crippen LogP contribution in [0.2, 0.25) is 0 Å². The third kappa shape index (κ3) is 4.81. The third-order valence-corrected chi connectivity index (χ3v) is 3.15. The molecule has 6 nitrogen and oxygen atoms in total. The van der Waals surface area contributed by atoms with Gasteiger partial charge >= 0.3 is 5.97 Å². The van der Waals surface area contributed by atoms with Gasteiger partial charge in [0.1, 0.15) is 11.3 Å². The molecule has 0 aromatic heterocycles. The molecule has 0 radical (unpaired) electrons. The number of nitrogens with zero attached hydrogens (tertiary/aromatic N) is 1. The van der Waals surface area contributed by atoms with E-state index in [0.29, 0.717) is 12.2 Å². The predicted octanol–water partition coefficient (Wildman–Crippen LogP) is 4.16. The molecule has 0 aliphatic heterocycles. The fraction of sp³-hybridized carbons (Fsp3) is 0.278. The lowest BCUT2D eigenvalue weighted by Gasteiger charge is -2.19. The van der Waals surface area contributed by atoms with Gasteiger partial charge in [-0.2, -0.15) is 0 Å². The van der Waals surface area contributed by atoms with Crippen LogP contribution < -0.4 is 5.32 Å². The molecule has 0 heterocycles. The molecule has 2 aromatic carbocycles. The van der Waals surface area contributed by atoms with Crippen molar-refractivity contribution in [3.63, 3.8) is 0 Å². The van der Waals surface area contributed by atoms with Crippen molar-refractivity contribution in [3.05, 3.63) is 69.8 Å². The molecule has 0 aliphatic carbocycles. The number of nitro groups is 1. The number of hydrogen-bond acceptors (Lipinski definition) is 5. The first-order chi connectivity index (χ1) is 11.3. The van der Waals surface area contributed by atoms with Crippen molar-refractivity contribution in [1.29, 1.82) is 0 Å². The molecule has 2 rings (SSSR count). The maximum atomic E-state index is 12.1. The molecule has 0 bridgehead atoms. The Kier molecular flexibility index (Phi) is 5.18. The van der Waals surface area contributed by atoms with E-state index >= 15 is 0 Å². The number of benzene rings is 2. The normalized spacial score (nSPS) is 11.0. The molecule has 0 fully saturated rings. The Morgan fingerprint density at radius 2 is 1.83 bits per heavy atom. The number of carbonyl (C=O) groups is 1. The molecule has 0 unspecified atom stereocenters. The van der Waals surface area contributed by atoms with E-state index in [1.807, 2.05) is 30.3 Å². The Hall–Kier alpha value is -2.89. The summed E-state index contributed by atoms with van der Waals surface area (Å²) in [5.41, 5.74) is 0.700. The summed E-state index contributed by atoms with van der Waals surface area (Å²) in [6, 6.07) is 13.8. The van der Waals surface area contributed by atoms with Crippen LogP contribution in [0, 0.1) is 10.1 Å². The van der Waals surface area contributed by atoms with Gasteiger partial charge in [0.25, 0.3) is 5.69 Å². The number of carbonyl (C=O) groups excluding carboxylic acids is 1. The van der Waals surface area contributed by atoms with Crippen molar-refractivity contribution in [2.45, 2.75) is 32.9 Å². The highest BCUT2D eigenvalue weighted by atomic mass is 16.6. The minimum atomic E-state index is -0.657. The van der Waals surface area contributed by atoms with Crippen molar-refractivity contribution in [1.82, 2.24) is 0 Å². The first-order valence-electron chi connectivity index (χ1n) is 7.56. The van der Waals surface area contributed by atoms with E-state index in [-0.39, 0.29) is 11.3 Å². The second-order valence-corrected chi connectivity index (χ2v) is 6.33. The zero-order valence-corrected chi connectivity index (χ0v) is 13.9. The number of anilines is 1. The Morgan fingerprint density at radius 1 is 1.17 bits per heavy atom. The van der Waals surface area contributed by atoms with Gasteiger partial charge in [-0.15, -0.1) is 0 Å². The van der Waals surface area contributed by atoms with Gasteiger partial charge in [-0.1, -0.05) is 30.3 Å². The summed E-state index contributed by atoms with van der Waals surface area (Å²) in [5.74, 6) is -0.583. The second-order valence-electron chi connectivity index (χ2n) is 6.33. The van der Waals surface area contributed by atoms with Crippen LogP contribution in [0.15, 0.2) is 48.5 Å². The van der Waals surface area contributed by atoms with E-state index < -0.39 is 16.5 Å². The SMILES string of the molecule is CC(C)(C)OC(=O)c1ccc(NCc2ccccc2)c([N+](=O)[O-])c1. The largest absolute Gasteiger partial charge is 0.456 e. The maximum absolute atomic E-state index is 12.1. The van der Waals surface area contributed by atoms with Crippen LogP contribution in [-0.4, -0.2) is 16.5 Å². The average molecular weight is 328 g/mol. The van der Waals surface area contributed by atoms with Gasteiger partial charge in [0.2, 0.25) is 0 Å². The summed E-state index contributed by atoms with van der Waals surface area (Å²) in [7, 11) is 0. The summed E-state index contributed by atoms with van der Waals surface area (Å²) in [4.78, 5) is 22.9. The van der Waals surface area contributed by atoms with E-state index in [1.54, 1.807) is 20.8 Å². The highest BCUT2D eigenvalue weighted by Crippen LogP contribution is 2.27. The first-order valence-corrected chi connectivity index (χ1v) is 7.56. The minimum absolute atomic E-state index is 0.155. The summed E-state index contributed by atoms with van der Waals surface area (Å²) in [6.07, 6.45) is 0. The highest BCUT2D eigenvalue weighted by Gasteiger charge is 2.22. The Labute approximate surface area is 140 Å². The van der Waals surface area contributed by atoms with Crippen LogP contribution in [0.5, 0.6) is 0 Å². The lowest BCUT2D eigenvalue weighted by molar-refractivity contribution is -0.384. The number of esters is 1. The molecular weight excluding hydrogens is 308 g/mol. The monoisotopic (exact) mass is 328 g/mol. The van der Waals surface area contributed by atoms with Gasteiger partial charge in [0.15, 0.2) is 0 Å². The molecule has 24 heavy (non-hydrogen) atoms. The summed E-state index contributed by atoms with van der Waals surface area (Å²) < 4.78 is 5.25. The average Bonchev–Trinajstić information content (AvgIpc) is 2.52. The van der Waals surface area contributed by atoms with Gasteiger partial charge in [-0.3, -0.25) is 10.1 Å². The number of ether oxygens (including phenoxy) is 1. The molecule has 0 atom stereocenters. The van der Waals surface area contributed by atoms with Gasteiger partial charge in [-0.05, 0) is 38.5 Å². The van der Waals surface area contributed by atoms with Crippen LogP contribution in [-0.2, 0) is 11.3 Å².